The third-order valence-electron chi connectivity index (χ3n) is 4.77. The lowest BCUT2D eigenvalue weighted by Crippen LogP contribution is -2.44. The molecule has 0 saturated heterocycles. The number of Topliss-reactive ketones (excluding diaryl/α,β-unsaturated/α-hetero) is 1. The van der Waals surface area contributed by atoms with Crippen LogP contribution in [0.1, 0.15) is 41.8 Å². The molecule has 1 aliphatic rings. The van der Waals surface area contributed by atoms with Gasteiger partial charge < -0.3 is 10.2 Å². The number of nitrogens with one attached hydrogen (secondary N) is 1. The molecule has 0 bridgehead atoms. The highest BCUT2D eigenvalue weighted by atomic mass is 16.2. The van der Waals surface area contributed by atoms with E-state index in [4.69, 9.17) is 0 Å². The van der Waals surface area contributed by atoms with Crippen molar-refractivity contribution in [1.82, 2.24) is 0 Å². The first kappa shape index (κ1) is 17.2. The van der Waals surface area contributed by atoms with Crippen molar-refractivity contribution in [3.8, 4) is 0 Å². The van der Waals surface area contributed by atoms with Crippen molar-refractivity contribution >= 4 is 23.1 Å². The summed E-state index contributed by atoms with van der Waals surface area (Å²) in [6.07, 6.45) is 2.11. The van der Waals surface area contributed by atoms with E-state index in [1.165, 1.54) is 18.1 Å². The number of benzene rings is 2. The summed E-state index contributed by atoms with van der Waals surface area (Å²) < 4.78 is 0. The highest BCUT2D eigenvalue weighted by Crippen LogP contribution is 2.29. The highest BCUT2D eigenvalue weighted by Gasteiger charge is 2.26. The minimum atomic E-state index is -0.275. The average Bonchev–Trinajstić information content (AvgIpc) is 2.60. The molecule has 3 rings (SSSR count). The summed E-state index contributed by atoms with van der Waals surface area (Å²) in [5.41, 5.74) is 4.97. The van der Waals surface area contributed by atoms with Crippen molar-refractivity contribution in [3.05, 3.63) is 59.2 Å². The predicted molar refractivity (Wildman–Crippen MR) is 101 cm³/mol. The van der Waals surface area contributed by atoms with Crippen molar-refractivity contribution in [2.75, 3.05) is 16.8 Å². The fraction of sp³-hybridized carbons (Fsp3) is 0.333. The van der Waals surface area contributed by atoms with E-state index in [2.05, 4.69) is 35.3 Å². The number of anilines is 2. The number of hydrogen-bond acceptors (Lipinski definition) is 3. The van der Waals surface area contributed by atoms with Gasteiger partial charge in [0.05, 0.1) is 0 Å². The molecular weight excluding hydrogens is 312 g/mol. The Balaban J connectivity index is 1.78. The van der Waals surface area contributed by atoms with Gasteiger partial charge in [-0.25, -0.2) is 0 Å². The van der Waals surface area contributed by atoms with Crippen molar-refractivity contribution in [2.24, 2.45) is 0 Å². The van der Waals surface area contributed by atoms with E-state index in [0.717, 1.165) is 25.1 Å². The molecule has 4 heteroatoms. The van der Waals surface area contributed by atoms with Crippen molar-refractivity contribution < 1.29 is 9.59 Å². The molecule has 1 N–H and O–H groups in total. The molecule has 1 heterocycles. The summed E-state index contributed by atoms with van der Waals surface area (Å²) in [5.74, 6) is -0.0707. The normalized spacial score (nSPS) is 14.6. The first-order chi connectivity index (χ1) is 12.0. The van der Waals surface area contributed by atoms with Crippen LogP contribution in [0.2, 0.25) is 0 Å². The molecule has 4 nitrogen and oxygen atoms in total. The second-order valence-electron chi connectivity index (χ2n) is 6.73. The average molecular weight is 336 g/mol. The maximum atomic E-state index is 12.7. The van der Waals surface area contributed by atoms with E-state index in [1.54, 1.807) is 18.2 Å². The number of amides is 1. The van der Waals surface area contributed by atoms with Gasteiger partial charge in [-0.1, -0.05) is 29.8 Å². The number of rotatable bonds is 4. The van der Waals surface area contributed by atoms with E-state index >= 15 is 0 Å². The topological polar surface area (TPSA) is 49.4 Å². The van der Waals surface area contributed by atoms with E-state index < -0.39 is 0 Å². The molecule has 1 atom stereocenters. The van der Waals surface area contributed by atoms with Crippen LogP contribution >= 0.6 is 0 Å². The first-order valence-corrected chi connectivity index (χ1v) is 8.74. The number of fused-ring (bicyclic) bond motifs is 1. The fourth-order valence-electron chi connectivity index (χ4n) is 3.36. The van der Waals surface area contributed by atoms with Crippen molar-refractivity contribution in [2.45, 2.75) is 39.7 Å². The Labute approximate surface area is 148 Å². The fourth-order valence-corrected chi connectivity index (χ4v) is 3.36. The van der Waals surface area contributed by atoms with Gasteiger partial charge in [-0.15, -0.1) is 0 Å². The third kappa shape index (κ3) is 3.73. The molecule has 2 aromatic rings. The Kier molecular flexibility index (Phi) is 4.88. The van der Waals surface area contributed by atoms with Gasteiger partial charge in [0.2, 0.25) is 5.91 Å². The van der Waals surface area contributed by atoms with Crippen LogP contribution in [0.15, 0.2) is 42.5 Å². The van der Waals surface area contributed by atoms with Gasteiger partial charge in [-0.3, -0.25) is 9.59 Å². The lowest BCUT2D eigenvalue weighted by atomic mass is 9.98. The smallest absolute Gasteiger partial charge is 0.246 e. The molecule has 1 amide bonds. The molecule has 0 aliphatic carbocycles. The Morgan fingerprint density at radius 2 is 1.96 bits per heavy atom. The van der Waals surface area contributed by atoms with Gasteiger partial charge in [-0.2, -0.15) is 0 Å². The predicted octanol–water partition coefficient (Wildman–Crippen LogP) is 3.98. The summed E-state index contributed by atoms with van der Waals surface area (Å²) in [5, 5.41) is 2.94. The lowest BCUT2D eigenvalue weighted by molar-refractivity contribution is -0.117. The second kappa shape index (κ2) is 7.09. The van der Waals surface area contributed by atoms with E-state index in [0.29, 0.717) is 11.3 Å². The number of carbonyl (C=O) groups is 2. The van der Waals surface area contributed by atoms with Crippen LogP contribution in [0, 0.1) is 6.92 Å². The van der Waals surface area contributed by atoms with Gasteiger partial charge in [0.1, 0.15) is 6.04 Å². The Hall–Kier alpha value is -2.62. The van der Waals surface area contributed by atoms with E-state index in [1.807, 2.05) is 13.0 Å². The number of aryl methyl sites for hydroxylation is 2. The summed E-state index contributed by atoms with van der Waals surface area (Å²) in [6, 6.07) is 13.2. The number of ketones is 1. The molecule has 1 aliphatic heterocycles. The second-order valence-corrected chi connectivity index (χ2v) is 6.73. The zero-order valence-electron chi connectivity index (χ0n) is 15.0. The summed E-state index contributed by atoms with van der Waals surface area (Å²) in [4.78, 5) is 26.4. The molecule has 0 aromatic heterocycles. The van der Waals surface area contributed by atoms with E-state index in [-0.39, 0.29) is 17.7 Å². The van der Waals surface area contributed by atoms with Gasteiger partial charge >= 0.3 is 0 Å². The summed E-state index contributed by atoms with van der Waals surface area (Å²) >= 11 is 0. The molecular formula is C21H24N2O2. The SMILES string of the molecule is CC(=O)c1cccc(NC(=O)[C@H](C)N2CCCc3cc(C)ccc32)c1. The largest absolute Gasteiger partial charge is 0.360 e. The van der Waals surface area contributed by atoms with Crippen LogP contribution in [-0.2, 0) is 11.2 Å². The molecule has 0 unspecified atom stereocenters. The van der Waals surface area contributed by atoms with Crippen molar-refractivity contribution in [1.29, 1.82) is 0 Å². The van der Waals surface area contributed by atoms with Crippen LogP contribution in [0.3, 0.4) is 0 Å². The third-order valence-corrected chi connectivity index (χ3v) is 4.77. The Morgan fingerprint density at radius 3 is 2.72 bits per heavy atom. The minimum absolute atomic E-state index is 0.00975. The van der Waals surface area contributed by atoms with Crippen LogP contribution in [0.25, 0.3) is 0 Å². The molecule has 0 saturated carbocycles. The van der Waals surface area contributed by atoms with E-state index in [9.17, 15) is 9.59 Å². The first-order valence-electron chi connectivity index (χ1n) is 8.74. The van der Waals surface area contributed by atoms with Crippen molar-refractivity contribution in [3.63, 3.8) is 0 Å². The van der Waals surface area contributed by atoms with Crippen LogP contribution < -0.4 is 10.2 Å². The number of carbonyl (C=O) groups excluding carboxylic acids is 2. The summed E-state index contributed by atoms with van der Waals surface area (Å²) in [6.45, 7) is 6.42. The quantitative estimate of drug-likeness (QED) is 0.859. The monoisotopic (exact) mass is 336 g/mol. The zero-order valence-corrected chi connectivity index (χ0v) is 15.0. The van der Waals surface area contributed by atoms with Crippen LogP contribution in [0.4, 0.5) is 11.4 Å². The standard InChI is InChI=1S/C21H24N2O2/c1-14-9-10-20-18(12-14)7-5-11-23(20)15(2)21(25)22-19-8-4-6-17(13-19)16(3)24/h4,6,8-10,12-13,15H,5,7,11H2,1-3H3,(H,22,25)/t15-/m0/s1. The maximum absolute atomic E-state index is 12.7. The molecule has 25 heavy (non-hydrogen) atoms. The molecule has 2 aromatic carbocycles. The van der Waals surface area contributed by atoms with Gasteiger partial charge in [0.15, 0.2) is 5.78 Å². The Morgan fingerprint density at radius 1 is 1.16 bits per heavy atom. The molecule has 130 valence electrons. The molecule has 0 radical (unpaired) electrons. The Bertz CT molecular complexity index is 813. The molecule has 0 fully saturated rings. The minimum Gasteiger partial charge on any atom is -0.360 e. The zero-order chi connectivity index (χ0) is 18.0. The van der Waals surface area contributed by atoms with Gasteiger partial charge in [0.25, 0.3) is 0 Å². The number of hydrogen-bond donors (Lipinski definition) is 1. The number of nitrogens with zero attached hydrogens (tertiary/aromatic N) is 1. The molecule has 0 spiro atoms. The lowest BCUT2D eigenvalue weighted by Gasteiger charge is -2.35. The van der Waals surface area contributed by atoms with Gasteiger partial charge in [0, 0.05) is 23.5 Å². The van der Waals surface area contributed by atoms with Gasteiger partial charge in [-0.05, 0) is 57.4 Å². The summed E-state index contributed by atoms with van der Waals surface area (Å²) in [7, 11) is 0. The maximum Gasteiger partial charge on any atom is 0.246 e. The highest BCUT2D eigenvalue weighted by molar-refractivity contribution is 5.99. The van der Waals surface area contributed by atoms with Crippen LogP contribution in [0.5, 0.6) is 0 Å². The van der Waals surface area contributed by atoms with Crippen LogP contribution in [-0.4, -0.2) is 24.3 Å².